The van der Waals surface area contributed by atoms with Gasteiger partial charge in [0.25, 0.3) is 0 Å². The van der Waals surface area contributed by atoms with E-state index in [4.69, 9.17) is 9.47 Å². The molecule has 4 heteroatoms. The van der Waals surface area contributed by atoms with Crippen LogP contribution in [0.5, 0.6) is 0 Å². The number of rotatable bonds is 32. The van der Waals surface area contributed by atoms with Crippen molar-refractivity contribution in [2.45, 2.75) is 155 Å². The minimum Gasteiger partial charge on any atom is -0.457 e. The highest BCUT2D eigenvalue weighted by atomic mass is 16.6. The molecule has 0 saturated heterocycles. The standard InChI is InChI=1S/C40H68O4/c1-3-5-7-9-11-13-15-17-19-20-21-22-23-25-27-29-31-33-35-40(42)44-39(37-41)38-43-36-34-32-30-28-26-24-18-16-14-12-10-8-6-4-2/h6,8,12-15,18-20,24,28,30,39,41H,3-5,7,9-11,16-17,21-23,25-27,29,31-38H2,1-2H3/b8-6-,14-12-,15-13-,20-19-,24-18-,30-28-. The lowest BCUT2D eigenvalue weighted by Gasteiger charge is -2.15. The molecule has 252 valence electrons. The maximum atomic E-state index is 12.1. The third-order valence-corrected chi connectivity index (χ3v) is 7.27. The first-order valence-corrected chi connectivity index (χ1v) is 18.0. The molecular formula is C40H68O4. The third kappa shape index (κ3) is 34.3. The number of hydrogen-bond acceptors (Lipinski definition) is 4. The molecule has 0 fully saturated rings. The summed E-state index contributed by atoms with van der Waals surface area (Å²) >= 11 is 0. The molecule has 1 atom stereocenters. The second-order valence-electron chi connectivity index (χ2n) is 11.6. The molecular weight excluding hydrogens is 544 g/mol. The van der Waals surface area contributed by atoms with E-state index < -0.39 is 6.10 Å². The SMILES string of the molecule is CC/C=C\C/C=C\C/C=C\C/C=C\CCCOCC(CO)OC(=O)CCCCCCCCC/C=C\C/C=C\CCCCCC. The minimum atomic E-state index is -0.569. The summed E-state index contributed by atoms with van der Waals surface area (Å²) in [4.78, 5) is 12.1. The number of ether oxygens (including phenoxy) is 2. The molecule has 0 radical (unpaired) electrons. The van der Waals surface area contributed by atoms with Crippen molar-refractivity contribution in [3.05, 3.63) is 72.9 Å². The van der Waals surface area contributed by atoms with Crippen LogP contribution in [-0.2, 0) is 14.3 Å². The zero-order valence-electron chi connectivity index (χ0n) is 28.6. The molecule has 44 heavy (non-hydrogen) atoms. The molecule has 0 rings (SSSR count). The normalized spacial score (nSPS) is 13.2. The Labute approximate surface area is 272 Å². The molecule has 0 aromatic carbocycles. The van der Waals surface area contributed by atoms with E-state index in [0.717, 1.165) is 64.2 Å². The van der Waals surface area contributed by atoms with Gasteiger partial charge in [-0.15, -0.1) is 0 Å². The topological polar surface area (TPSA) is 55.8 Å². The number of aliphatic hydroxyl groups excluding tert-OH is 1. The zero-order valence-corrected chi connectivity index (χ0v) is 28.6. The maximum Gasteiger partial charge on any atom is 0.306 e. The van der Waals surface area contributed by atoms with Gasteiger partial charge in [0, 0.05) is 13.0 Å². The first-order valence-electron chi connectivity index (χ1n) is 18.0. The van der Waals surface area contributed by atoms with Crippen LogP contribution in [0, 0.1) is 0 Å². The predicted molar refractivity (Wildman–Crippen MR) is 191 cm³/mol. The molecule has 0 amide bonds. The Hall–Kier alpha value is -2.17. The number of hydrogen-bond donors (Lipinski definition) is 1. The molecule has 0 aromatic heterocycles. The maximum absolute atomic E-state index is 12.1. The number of esters is 1. The van der Waals surface area contributed by atoms with Crippen molar-refractivity contribution in [1.82, 2.24) is 0 Å². The van der Waals surface area contributed by atoms with E-state index in [9.17, 15) is 9.90 Å². The van der Waals surface area contributed by atoms with Gasteiger partial charge in [-0.25, -0.2) is 0 Å². The third-order valence-electron chi connectivity index (χ3n) is 7.27. The lowest BCUT2D eigenvalue weighted by atomic mass is 10.1. The van der Waals surface area contributed by atoms with Gasteiger partial charge in [0.15, 0.2) is 0 Å². The molecule has 4 nitrogen and oxygen atoms in total. The second-order valence-corrected chi connectivity index (χ2v) is 11.6. The van der Waals surface area contributed by atoms with E-state index in [1.54, 1.807) is 0 Å². The summed E-state index contributed by atoms with van der Waals surface area (Å²) in [5.41, 5.74) is 0. The summed E-state index contributed by atoms with van der Waals surface area (Å²) in [6.07, 6.45) is 49.5. The van der Waals surface area contributed by atoms with Gasteiger partial charge in [0.2, 0.25) is 0 Å². The molecule has 0 aliphatic rings. The van der Waals surface area contributed by atoms with Gasteiger partial charge in [0.05, 0.1) is 13.2 Å². The average Bonchev–Trinajstić information content (AvgIpc) is 3.03. The van der Waals surface area contributed by atoms with Crippen molar-refractivity contribution in [3.8, 4) is 0 Å². The van der Waals surface area contributed by atoms with E-state index in [1.165, 1.54) is 64.2 Å². The fraction of sp³-hybridized carbons (Fsp3) is 0.675. The lowest BCUT2D eigenvalue weighted by molar-refractivity contribution is -0.154. The number of unbranched alkanes of at least 4 members (excludes halogenated alkanes) is 12. The molecule has 0 heterocycles. The van der Waals surface area contributed by atoms with Crippen molar-refractivity contribution in [2.75, 3.05) is 19.8 Å². The molecule has 1 N–H and O–H groups in total. The first kappa shape index (κ1) is 41.8. The van der Waals surface area contributed by atoms with Crippen molar-refractivity contribution >= 4 is 5.97 Å². The van der Waals surface area contributed by atoms with Crippen LogP contribution < -0.4 is 0 Å². The van der Waals surface area contributed by atoms with Crippen molar-refractivity contribution in [3.63, 3.8) is 0 Å². The second kappa shape index (κ2) is 37.0. The van der Waals surface area contributed by atoms with Crippen LogP contribution in [0.15, 0.2) is 72.9 Å². The van der Waals surface area contributed by atoms with E-state index in [2.05, 4.69) is 86.8 Å². The van der Waals surface area contributed by atoms with Crippen molar-refractivity contribution in [2.24, 2.45) is 0 Å². The first-order chi connectivity index (χ1) is 21.7. The fourth-order valence-corrected chi connectivity index (χ4v) is 4.60. The molecule has 0 aromatic rings. The predicted octanol–water partition coefficient (Wildman–Crippen LogP) is 11.5. The minimum absolute atomic E-state index is 0.201. The van der Waals surface area contributed by atoms with E-state index in [1.807, 2.05) is 0 Å². The van der Waals surface area contributed by atoms with Crippen LogP contribution in [-0.4, -0.2) is 37.0 Å². The Kier molecular flexibility index (Phi) is 35.2. The van der Waals surface area contributed by atoms with Gasteiger partial charge in [-0.3, -0.25) is 4.79 Å². The summed E-state index contributed by atoms with van der Waals surface area (Å²) in [6, 6.07) is 0. The summed E-state index contributed by atoms with van der Waals surface area (Å²) in [5.74, 6) is -0.231. The largest absolute Gasteiger partial charge is 0.457 e. The van der Waals surface area contributed by atoms with Crippen LogP contribution in [0.4, 0.5) is 0 Å². The highest BCUT2D eigenvalue weighted by Crippen LogP contribution is 2.11. The summed E-state index contributed by atoms with van der Waals surface area (Å²) in [6.45, 7) is 5.05. The Morgan fingerprint density at radius 1 is 0.568 bits per heavy atom. The summed E-state index contributed by atoms with van der Waals surface area (Å²) in [5, 5.41) is 9.54. The van der Waals surface area contributed by atoms with Crippen LogP contribution in [0.2, 0.25) is 0 Å². The van der Waals surface area contributed by atoms with Gasteiger partial charge in [0.1, 0.15) is 6.10 Å². The van der Waals surface area contributed by atoms with Crippen LogP contribution in [0.3, 0.4) is 0 Å². The van der Waals surface area contributed by atoms with Gasteiger partial charge in [-0.05, 0) is 77.0 Å². The quantitative estimate of drug-likeness (QED) is 0.0466. The Balaban J connectivity index is 3.57. The van der Waals surface area contributed by atoms with Crippen molar-refractivity contribution in [1.29, 1.82) is 0 Å². The number of carbonyl (C=O) groups is 1. The van der Waals surface area contributed by atoms with Crippen LogP contribution >= 0.6 is 0 Å². The van der Waals surface area contributed by atoms with Gasteiger partial charge in [-0.2, -0.15) is 0 Å². The molecule has 0 bridgehead atoms. The number of carbonyl (C=O) groups excluding carboxylic acids is 1. The highest BCUT2D eigenvalue weighted by Gasteiger charge is 2.13. The van der Waals surface area contributed by atoms with Crippen LogP contribution in [0.1, 0.15) is 149 Å². The van der Waals surface area contributed by atoms with E-state index in [0.29, 0.717) is 13.0 Å². The summed E-state index contributed by atoms with van der Waals surface area (Å²) in [7, 11) is 0. The van der Waals surface area contributed by atoms with Crippen molar-refractivity contribution < 1.29 is 19.4 Å². The van der Waals surface area contributed by atoms with E-state index >= 15 is 0 Å². The average molecular weight is 613 g/mol. The molecule has 0 aliphatic heterocycles. The van der Waals surface area contributed by atoms with Crippen LogP contribution in [0.25, 0.3) is 0 Å². The zero-order chi connectivity index (χ0) is 32.0. The Morgan fingerprint density at radius 3 is 1.55 bits per heavy atom. The van der Waals surface area contributed by atoms with Gasteiger partial charge < -0.3 is 14.6 Å². The fourth-order valence-electron chi connectivity index (χ4n) is 4.60. The Bertz CT molecular complexity index is 774. The molecule has 1 unspecified atom stereocenters. The smallest absolute Gasteiger partial charge is 0.306 e. The molecule has 0 aliphatic carbocycles. The van der Waals surface area contributed by atoms with E-state index in [-0.39, 0.29) is 19.2 Å². The summed E-state index contributed by atoms with van der Waals surface area (Å²) < 4.78 is 11.0. The Morgan fingerprint density at radius 2 is 1.02 bits per heavy atom. The lowest BCUT2D eigenvalue weighted by Crippen LogP contribution is -2.27. The molecule has 0 spiro atoms. The highest BCUT2D eigenvalue weighted by molar-refractivity contribution is 5.69. The number of aliphatic hydroxyl groups is 1. The monoisotopic (exact) mass is 613 g/mol. The van der Waals surface area contributed by atoms with Gasteiger partial charge in [-0.1, -0.05) is 138 Å². The van der Waals surface area contributed by atoms with Gasteiger partial charge >= 0.3 is 5.97 Å². The number of allylic oxidation sites excluding steroid dienone is 12. The molecule has 0 saturated carbocycles.